The molecule has 2 nitrogen and oxygen atoms in total. The molecule has 23 heavy (non-hydrogen) atoms. The van der Waals surface area contributed by atoms with Crippen LogP contribution in [0.4, 0.5) is 0 Å². The summed E-state index contributed by atoms with van der Waals surface area (Å²) >= 11 is 0. The molecule has 3 aromatic rings. The lowest BCUT2D eigenvalue weighted by Crippen LogP contribution is -1.90. The van der Waals surface area contributed by atoms with Crippen molar-refractivity contribution in [3.8, 4) is 34.4 Å². The molecule has 108 valence electrons. The van der Waals surface area contributed by atoms with Gasteiger partial charge in [-0.2, -0.15) is 10.5 Å². The van der Waals surface area contributed by atoms with Crippen molar-refractivity contribution >= 4 is 0 Å². The Morgan fingerprint density at radius 1 is 0.652 bits per heavy atom. The molecule has 3 aromatic carbocycles. The monoisotopic (exact) mass is 294 g/mol. The summed E-state index contributed by atoms with van der Waals surface area (Å²) in [4.78, 5) is 0. The van der Waals surface area contributed by atoms with Crippen LogP contribution in [0.2, 0.25) is 0 Å². The third-order valence-electron chi connectivity index (χ3n) is 3.86. The first-order chi connectivity index (χ1) is 11.2. The highest BCUT2D eigenvalue weighted by Crippen LogP contribution is 2.32. The van der Waals surface area contributed by atoms with Gasteiger partial charge in [-0.15, -0.1) is 0 Å². The molecule has 3 rings (SSSR count). The normalized spacial score (nSPS) is 9.87. The van der Waals surface area contributed by atoms with Crippen molar-refractivity contribution in [2.24, 2.45) is 0 Å². The number of hydrogen-bond acceptors (Lipinski definition) is 2. The van der Waals surface area contributed by atoms with Crippen molar-refractivity contribution in [2.45, 2.75) is 6.92 Å². The minimum absolute atomic E-state index is 0.613. The first kappa shape index (κ1) is 14.6. The zero-order chi connectivity index (χ0) is 16.2. The zero-order valence-corrected chi connectivity index (χ0v) is 12.7. The van der Waals surface area contributed by atoms with E-state index in [-0.39, 0.29) is 0 Å². The molecule has 0 heterocycles. The number of hydrogen-bond donors (Lipinski definition) is 0. The van der Waals surface area contributed by atoms with Crippen LogP contribution in [0.15, 0.2) is 66.7 Å². The molecular weight excluding hydrogens is 280 g/mol. The van der Waals surface area contributed by atoms with E-state index in [2.05, 4.69) is 12.1 Å². The predicted octanol–water partition coefficient (Wildman–Crippen LogP) is 5.07. The highest BCUT2D eigenvalue weighted by Gasteiger charge is 2.11. The molecule has 0 bridgehead atoms. The van der Waals surface area contributed by atoms with Gasteiger partial charge in [0.15, 0.2) is 0 Å². The van der Waals surface area contributed by atoms with Gasteiger partial charge in [0.05, 0.1) is 17.2 Å². The van der Waals surface area contributed by atoms with Crippen molar-refractivity contribution in [3.05, 3.63) is 83.4 Å². The maximum atomic E-state index is 9.67. The summed E-state index contributed by atoms with van der Waals surface area (Å²) in [5.41, 5.74) is 6.24. The first-order valence-electron chi connectivity index (χ1n) is 7.33. The molecule has 0 aliphatic rings. The lowest BCUT2D eigenvalue weighted by atomic mass is 9.92. The van der Waals surface area contributed by atoms with E-state index >= 15 is 0 Å². The minimum Gasteiger partial charge on any atom is -0.192 e. The molecule has 0 fully saturated rings. The molecule has 0 atom stereocenters. The van der Waals surface area contributed by atoms with Gasteiger partial charge in [0.25, 0.3) is 0 Å². The predicted molar refractivity (Wildman–Crippen MR) is 91.5 cm³/mol. The molecule has 0 aliphatic heterocycles. The van der Waals surface area contributed by atoms with Crippen LogP contribution in [-0.4, -0.2) is 0 Å². The Morgan fingerprint density at radius 3 is 1.65 bits per heavy atom. The van der Waals surface area contributed by atoms with Gasteiger partial charge in [0.2, 0.25) is 0 Å². The number of rotatable bonds is 2. The van der Waals surface area contributed by atoms with Gasteiger partial charge in [-0.25, -0.2) is 0 Å². The molecular formula is C21H14N2. The fourth-order valence-corrected chi connectivity index (χ4v) is 2.61. The Balaban J connectivity index is 2.16. The molecule has 2 heteroatoms. The van der Waals surface area contributed by atoms with Crippen LogP contribution < -0.4 is 0 Å². The summed E-state index contributed by atoms with van der Waals surface area (Å²) in [5, 5.41) is 18.6. The molecule has 0 aromatic heterocycles. The number of nitriles is 2. The summed E-state index contributed by atoms with van der Waals surface area (Å²) in [7, 11) is 0. The van der Waals surface area contributed by atoms with Gasteiger partial charge in [-0.1, -0.05) is 60.2 Å². The Kier molecular flexibility index (Phi) is 3.91. The van der Waals surface area contributed by atoms with Crippen molar-refractivity contribution in [2.75, 3.05) is 0 Å². The molecule has 0 saturated heterocycles. The topological polar surface area (TPSA) is 47.6 Å². The van der Waals surface area contributed by atoms with E-state index in [0.717, 1.165) is 22.3 Å². The van der Waals surface area contributed by atoms with Gasteiger partial charge in [-0.05, 0) is 30.2 Å². The maximum Gasteiger partial charge on any atom is 0.100 e. The Bertz CT molecular complexity index is 922. The second-order valence-corrected chi connectivity index (χ2v) is 5.40. The second-order valence-electron chi connectivity index (χ2n) is 5.40. The fourth-order valence-electron chi connectivity index (χ4n) is 2.61. The standard InChI is InChI=1S/C21H14N2/c1-15-5-9-17(10-6-15)19-3-2-4-20(21(19)14-23)18-11-7-16(13-22)8-12-18/h2-12H,1H3. The van der Waals surface area contributed by atoms with Crippen molar-refractivity contribution in [1.82, 2.24) is 0 Å². The zero-order valence-electron chi connectivity index (χ0n) is 12.7. The van der Waals surface area contributed by atoms with Crippen LogP contribution in [0, 0.1) is 29.6 Å². The van der Waals surface area contributed by atoms with Gasteiger partial charge in [0.1, 0.15) is 6.07 Å². The van der Waals surface area contributed by atoms with Gasteiger partial charge in [-0.3, -0.25) is 0 Å². The summed E-state index contributed by atoms with van der Waals surface area (Å²) in [5.74, 6) is 0. The van der Waals surface area contributed by atoms with E-state index in [0.29, 0.717) is 11.1 Å². The number of nitrogens with zero attached hydrogens (tertiary/aromatic N) is 2. The summed E-state index contributed by atoms with van der Waals surface area (Å²) in [6, 6.07) is 25.8. The largest absolute Gasteiger partial charge is 0.192 e. The lowest BCUT2D eigenvalue weighted by Gasteiger charge is -2.10. The van der Waals surface area contributed by atoms with Crippen LogP contribution in [0.5, 0.6) is 0 Å². The molecule has 0 amide bonds. The second kappa shape index (κ2) is 6.18. The van der Waals surface area contributed by atoms with Crippen LogP contribution in [-0.2, 0) is 0 Å². The van der Waals surface area contributed by atoms with Crippen LogP contribution in [0.3, 0.4) is 0 Å². The molecule has 0 aliphatic carbocycles. The average molecular weight is 294 g/mol. The molecule has 0 saturated carbocycles. The van der Waals surface area contributed by atoms with E-state index in [9.17, 15) is 5.26 Å². The third kappa shape index (κ3) is 2.84. The van der Waals surface area contributed by atoms with Crippen LogP contribution in [0.25, 0.3) is 22.3 Å². The molecule has 0 N–H and O–H groups in total. The average Bonchev–Trinajstić information content (AvgIpc) is 2.62. The Morgan fingerprint density at radius 2 is 1.17 bits per heavy atom. The maximum absolute atomic E-state index is 9.67. The highest BCUT2D eigenvalue weighted by molar-refractivity contribution is 5.82. The Hall–Kier alpha value is -3.36. The molecule has 0 radical (unpaired) electrons. The molecule has 0 spiro atoms. The van der Waals surface area contributed by atoms with Crippen molar-refractivity contribution < 1.29 is 0 Å². The van der Waals surface area contributed by atoms with E-state index < -0.39 is 0 Å². The van der Waals surface area contributed by atoms with E-state index in [1.807, 2.05) is 61.5 Å². The summed E-state index contributed by atoms with van der Waals surface area (Å²) < 4.78 is 0. The van der Waals surface area contributed by atoms with Crippen molar-refractivity contribution in [1.29, 1.82) is 10.5 Å². The SMILES string of the molecule is Cc1ccc(-c2cccc(-c3ccc(C#N)cc3)c2C#N)cc1. The number of aryl methyl sites for hydroxylation is 1. The number of benzene rings is 3. The first-order valence-corrected chi connectivity index (χ1v) is 7.33. The summed E-state index contributed by atoms with van der Waals surface area (Å²) in [6.45, 7) is 2.04. The van der Waals surface area contributed by atoms with E-state index in [1.165, 1.54) is 5.56 Å². The molecule has 0 unspecified atom stereocenters. The van der Waals surface area contributed by atoms with Crippen molar-refractivity contribution in [3.63, 3.8) is 0 Å². The Labute approximate surface area is 135 Å². The lowest BCUT2D eigenvalue weighted by molar-refractivity contribution is 1.44. The van der Waals surface area contributed by atoms with Crippen LogP contribution in [0.1, 0.15) is 16.7 Å². The third-order valence-corrected chi connectivity index (χ3v) is 3.86. The highest BCUT2D eigenvalue weighted by atomic mass is 14.3. The van der Waals surface area contributed by atoms with Gasteiger partial charge in [0, 0.05) is 11.1 Å². The quantitative estimate of drug-likeness (QED) is 0.662. The van der Waals surface area contributed by atoms with E-state index in [4.69, 9.17) is 5.26 Å². The van der Waals surface area contributed by atoms with E-state index in [1.54, 1.807) is 12.1 Å². The van der Waals surface area contributed by atoms with Gasteiger partial charge < -0.3 is 0 Å². The summed E-state index contributed by atoms with van der Waals surface area (Å²) in [6.07, 6.45) is 0. The fraction of sp³-hybridized carbons (Fsp3) is 0.0476. The smallest absolute Gasteiger partial charge is 0.100 e. The minimum atomic E-state index is 0.613. The van der Waals surface area contributed by atoms with Gasteiger partial charge >= 0.3 is 0 Å². The van der Waals surface area contributed by atoms with Crippen LogP contribution >= 0.6 is 0 Å².